The first-order chi connectivity index (χ1) is 12.2. The topological polar surface area (TPSA) is 75.5 Å². The minimum atomic E-state index is -0.951. The van der Waals surface area contributed by atoms with Gasteiger partial charge in [0.1, 0.15) is 0 Å². The van der Waals surface area contributed by atoms with Gasteiger partial charge in [-0.05, 0) is 31.4 Å². The average molecular weight is 341 g/mol. The van der Waals surface area contributed by atoms with Crippen LogP contribution in [0.2, 0.25) is 0 Å². The number of ether oxygens (including phenoxy) is 1. The molecule has 3 rings (SSSR count). The Morgan fingerprint density at radius 2 is 2.20 bits per heavy atom. The molecule has 1 atom stereocenters. The normalized spacial score (nSPS) is 17.7. The predicted octanol–water partition coefficient (Wildman–Crippen LogP) is 2.35. The van der Waals surface area contributed by atoms with Gasteiger partial charge in [-0.1, -0.05) is 18.2 Å². The standard InChI is InChI=1S/C19H23N3O3/c1-25-9-8-22-7-6-14(13-22)10-15-11-20-12-18(21-15)16-4-2-3-5-17(16)19(23)24/h2-5,11-12,14H,6-10,13H2,1H3,(H,23,24)/t14-/m0/s1. The van der Waals surface area contributed by atoms with Crippen LogP contribution in [0, 0.1) is 5.92 Å². The van der Waals surface area contributed by atoms with Crippen LogP contribution in [0.15, 0.2) is 36.7 Å². The van der Waals surface area contributed by atoms with Crippen LogP contribution in [0.1, 0.15) is 22.5 Å². The second kappa shape index (κ2) is 8.18. The lowest BCUT2D eigenvalue weighted by Crippen LogP contribution is -2.25. The van der Waals surface area contributed by atoms with Crippen molar-refractivity contribution in [3.63, 3.8) is 0 Å². The van der Waals surface area contributed by atoms with E-state index in [4.69, 9.17) is 4.74 Å². The van der Waals surface area contributed by atoms with Gasteiger partial charge in [0.25, 0.3) is 0 Å². The summed E-state index contributed by atoms with van der Waals surface area (Å²) in [5.74, 6) is -0.400. The van der Waals surface area contributed by atoms with Crippen LogP contribution in [0.4, 0.5) is 0 Å². The fourth-order valence-electron chi connectivity index (χ4n) is 3.33. The molecule has 2 aromatic rings. The molecule has 2 heterocycles. The van der Waals surface area contributed by atoms with Crippen LogP contribution in [0.3, 0.4) is 0 Å². The molecule has 1 N–H and O–H groups in total. The number of likely N-dealkylation sites (tertiary alicyclic amines) is 1. The van der Waals surface area contributed by atoms with Crippen LogP contribution >= 0.6 is 0 Å². The summed E-state index contributed by atoms with van der Waals surface area (Å²) < 4.78 is 5.14. The number of hydrogen-bond donors (Lipinski definition) is 1. The summed E-state index contributed by atoms with van der Waals surface area (Å²) in [5.41, 5.74) is 2.39. The van der Waals surface area contributed by atoms with Gasteiger partial charge in [-0.3, -0.25) is 4.98 Å². The molecule has 0 unspecified atom stereocenters. The number of rotatable bonds is 7. The molecule has 1 aliphatic rings. The van der Waals surface area contributed by atoms with Gasteiger partial charge in [0.05, 0.1) is 29.8 Å². The zero-order chi connectivity index (χ0) is 17.6. The van der Waals surface area contributed by atoms with Gasteiger partial charge in [0.2, 0.25) is 0 Å². The van der Waals surface area contributed by atoms with Crippen LogP contribution in [0.5, 0.6) is 0 Å². The molecular weight excluding hydrogens is 318 g/mol. The Bertz CT molecular complexity index is 735. The number of carboxylic acids is 1. The number of methoxy groups -OCH3 is 1. The van der Waals surface area contributed by atoms with Crippen molar-refractivity contribution in [1.29, 1.82) is 0 Å². The number of aromatic nitrogens is 2. The summed E-state index contributed by atoms with van der Waals surface area (Å²) in [4.78, 5) is 22.8. The van der Waals surface area contributed by atoms with E-state index in [9.17, 15) is 9.90 Å². The number of carbonyl (C=O) groups is 1. The van der Waals surface area contributed by atoms with E-state index in [1.54, 1.807) is 37.7 Å². The molecule has 6 nitrogen and oxygen atoms in total. The van der Waals surface area contributed by atoms with E-state index in [-0.39, 0.29) is 5.56 Å². The van der Waals surface area contributed by atoms with Crippen LogP contribution in [-0.4, -0.2) is 59.3 Å². The third-order valence-electron chi connectivity index (χ3n) is 4.60. The maximum absolute atomic E-state index is 11.4. The summed E-state index contributed by atoms with van der Waals surface area (Å²) in [6.07, 6.45) is 5.41. The molecule has 1 saturated heterocycles. The highest BCUT2D eigenvalue weighted by Crippen LogP contribution is 2.24. The molecule has 0 saturated carbocycles. The van der Waals surface area contributed by atoms with Gasteiger partial charge < -0.3 is 14.7 Å². The summed E-state index contributed by atoms with van der Waals surface area (Å²) in [5, 5.41) is 9.36. The van der Waals surface area contributed by atoms with Crippen molar-refractivity contribution in [3.05, 3.63) is 47.9 Å². The molecule has 1 aliphatic heterocycles. The highest BCUT2D eigenvalue weighted by atomic mass is 16.5. The minimum absolute atomic E-state index is 0.251. The molecule has 132 valence electrons. The second-order valence-corrected chi connectivity index (χ2v) is 6.40. The molecule has 1 aromatic heterocycles. The quantitative estimate of drug-likeness (QED) is 0.833. The van der Waals surface area contributed by atoms with E-state index in [0.29, 0.717) is 17.2 Å². The highest BCUT2D eigenvalue weighted by molar-refractivity contribution is 5.95. The molecule has 1 fully saturated rings. The first-order valence-corrected chi connectivity index (χ1v) is 8.52. The lowest BCUT2D eigenvalue weighted by Gasteiger charge is -2.15. The first-order valence-electron chi connectivity index (χ1n) is 8.52. The number of nitrogens with zero attached hydrogens (tertiary/aromatic N) is 3. The zero-order valence-corrected chi connectivity index (χ0v) is 14.4. The van der Waals surface area contributed by atoms with Crippen molar-refractivity contribution in [2.75, 3.05) is 33.4 Å². The lowest BCUT2D eigenvalue weighted by atomic mass is 10.0. The maximum Gasteiger partial charge on any atom is 0.336 e. The van der Waals surface area contributed by atoms with Crippen molar-refractivity contribution in [2.45, 2.75) is 12.8 Å². The monoisotopic (exact) mass is 341 g/mol. The largest absolute Gasteiger partial charge is 0.478 e. The molecule has 0 amide bonds. The van der Waals surface area contributed by atoms with Gasteiger partial charge in [-0.25, -0.2) is 9.78 Å². The summed E-state index contributed by atoms with van der Waals surface area (Å²) in [7, 11) is 1.73. The van der Waals surface area contributed by atoms with Crippen molar-refractivity contribution in [3.8, 4) is 11.3 Å². The van der Waals surface area contributed by atoms with Gasteiger partial charge in [0.15, 0.2) is 0 Å². The Hall–Kier alpha value is -2.31. The fraction of sp³-hybridized carbons (Fsp3) is 0.421. The van der Waals surface area contributed by atoms with Gasteiger partial charge in [0, 0.05) is 32.0 Å². The first kappa shape index (κ1) is 17.5. The van der Waals surface area contributed by atoms with Gasteiger partial charge in [-0.2, -0.15) is 0 Å². The average Bonchev–Trinajstić information content (AvgIpc) is 3.07. The second-order valence-electron chi connectivity index (χ2n) is 6.40. The van der Waals surface area contributed by atoms with Crippen molar-refractivity contribution >= 4 is 5.97 Å². The van der Waals surface area contributed by atoms with Crippen molar-refractivity contribution in [1.82, 2.24) is 14.9 Å². The number of benzene rings is 1. The number of aromatic carboxylic acids is 1. The summed E-state index contributed by atoms with van der Waals surface area (Å²) in [6, 6.07) is 6.91. The Labute approximate surface area is 147 Å². The van der Waals surface area contributed by atoms with E-state index in [1.165, 1.54) is 0 Å². The minimum Gasteiger partial charge on any atom is -0.478 e. The number of hydrogen-bond acceptors (Lipinski definition) is 5. The van der Waals surface area contributed by atoms with Gasteiger partial charge in [-0.15, -0.1) is 0 Å². The van der Waals surface area contributed by atoms with Crippen LogP contribution in [0.25, 0.3) is 11.3 Å². The van der Waals surface area contributed by atoms with Crippen LogP contribution in [-0.2, 0) is 11.2 Å². The predicted molar refractivity (Wildman–Crippen MR) is 94.6 cm³/mol. The van der Waals surface area contributed by atoms with E-state index >= 15 is 0 Å². The molecule has 1 aromatic carbocycles. The van der Waals surface area contributed by atoms with E-state index in [0.717, 1.165) is 44.8 Å². The molecular formula is C19H23N3O3. The fourth-order valence-corrected chi connectivity index (χ4v) is 3.33. The Kier molecular flexibility index (Phi) is 5.73. The SMILES string of the molecule is COCCN1CC[C@@H](Cc2cncc(-c3ccccc3C(=O)O)n2)C1. The maximum atomic E-state index is 11.4. The summed E-state index contributed by atoms with van der Waals surface area (Å²) >= 11 is 0. The molecule has 0 spiro atoms. The smallest absolute Gasteiger partial charge is 0.336 e. The zero-order valence-electron chi connectivity index (χ0n) is 14.4. The Morgan fingerprint density at radius 1 is 1.36 bits per heavy atom. The highest BCUT2D eigenvalue weighted by Gasteiger charge is 2.23. The summed E-state index contributed by atoms with van der Waals surface area (Å²) in [6.45, 7) is 3.85. The Balaban J connectivity index is 1.72. The molecule has 6 heteroatoms. The molecule has 0 radical (unpaired) electrons. The van der Waals surface area contributed by atoms with Gasteiger partial charge >= 0.3 is 5.97 Å². The third-order valence-corrected chi connectivity index (χ3v) is 4.60. The Morgan fingerprint density at radius 3 is 3.00 bits per heavy atom. The van der Waals surface area contributed by atoms with Crippen molar-refractivity contribution in [2.24, 2.45) is 5.92 Å². The third kappa shape index (κ3) is 4.41. The van der Waals surface area contributed by atoms with E-state index in [1.807, 2.05) is 6.07 Å². The van der Waals surface area contributed by atoms with E-state index < -0.39 is 5.97 Å². The molecule has 0 bridgehead atoms. The number of carboxylic acid groups (broad SMARTS) is 1. The molecule has 0 aliphatic carbocycles. The van der Waals surface area contributed by atoms with Crippen LogP contribution < -0.4 is 0 Å². The molecule has 25 heavy (non-hydrogen) atoms. The lowest BCUT2D eigenvalue weighted by molar-refractivity contribution is 0.0697. The van der Waals surface area contributed by atoms with E-state index in [2.05, 4.69) is 14.9 Å². The van der Waals surface area contributed by atoms with Crippen molar-refractivity contribution < 1.29 is 14.6 Å².